The van der Waals surface area contributed by atoms with Gasteiger partial charge in [-0.2, -0.15) is 0 Å². The van der Waals surface area contributed by atoms with Crippen molar-refractivity contribution in [1.82, 2.24) is 0 Å². The van der Waals surface area contributed by atoms with Crippen LogP contribution in [-0.4, -0.2) is 18.7 Å². The molecule has 0 heterocycles. The van der Waals surface area contributed by atoms with E-state index in [0.717, 1.165) is 12.1 Å². The minimum absolute atomic E-state index is 0.156. The van der Waals surface area contributed by atoms with Gasteiger partial charge in [-0.1, -0.05) is 26.0 Å². The zero-order valence-electron chi connectivity index (χ0n) is 11.5. The lowest BCUT2D eigenvalue weighted by Crippen LogP contribution is -2.37. The molecule has 1 aromatic rings. The molecule has 0 spiro atoms. The molecule has 0 atom stereocenters. The Morgan fingerprint density at radius 1 is 1.25 bits per heavy atom. The van der Waals surface area contributed by atoms with Crippen LogP contribution in [-0.2, 0) is 0 Å². The van der Waals surface area contributed by atoms with Gasteiger partial charge in [0.2, 0.25) is 0 Å². The second-order valence-electron chi connectivity index (χ2n) is 4.60. The molecule has 0 saturated heterocycles. The molecule has 0 radical (unpaired) electrons. The standard InChI is InChI=1S/C14H18F3NO2/c1-3-13(4-2,9-18)12(19)10-6-5-7-11(8-10)20-14(15,16)17/h5-8H,3-4,9,18H2,1-2H3. The molecule has 1 rings (SSSR count). The second-order valence-corrected chi connectivity index (χ2v) is 4.60. The predicted octanol–water partition coefficient (Wildman–Crippen LogP) is 3.53. The number of carbonyl (C=O) groups is 1. The average molecular weight is 289 g/mol. The van der Waals surface area contributed by atoms with E-state index in [-0.39, 0.29) is 17.9 Å². The van der Waals surface area contributed by atoms with E-state index in [1.165, 1.54) is 12.1 Å². The maximum atomic E-state index is 12.5. The number of Topliss-reactive ketones (excluding diaryl/α,β-unsaturated/α-hetero) is 1. The van der Waals surface area contributed by atoms with E-state index in [4.69, 9.17) is 5.73 Å². The Labute approximate surface area is 115 Å². The molecular formula is C14H18F3NO2. The monoisotopic (exact) mass is 289 g/mol. The SMILES string of the molecule is CCC(CC)(CN)C(=O)c1cccc(OC(F)(F)F)c1. The fraction of sp³-hybridized carbons (Fsp3) is 0.500. The Bertz CT molecular complexity index is 459. The van der Waals surface area contributed by atoms with E-state index in [1.807, 2.05) is 13.8 Å². The van der Waals surface area contributed by atoms with E-state index >= 15 is 0 Å². The fourth-order valence-corrected chi connectivity index (χ4v) is 2.09. The van der Waals surface area contributed by atoms with Gasteiger partial charge in [0.1, 0.15) is 5.75 Å². The van der Waals surface area contributed by atoms with Crippen LogP contribution in [0, 0.1) is 5.41 Å². The zero-order valence-corrected chi connectivity index (χ0v) is 11.5. The van der Waals surface area contributed by atoms with Crippen LogP contribution in [0.3, 0.4) is 0 Å². The molecule has 2 N–H and O–H groups in total. The molecule has 112 valence electrons. The molecule has 0 aromatic heterocycles. The number of rotatable bonds is 6. The first-order valence-corrected chi connectivity index (χ1v) is 6.38. The minimum atomic E-state index is -4.78. The van der Waals surface area contributed by atoms with Crippen LogP contribution < -0.4 is 10.5 Å². The maximum Gasteiger partial charge on any atom is 0.573 e. The summed E-state index contributed by atoms with van der Waals surface area (Å²) in [5.41, 5.74) is 5.12. The summed E-state index contributed by atoms with van der Waals surface area (Å²) >= 11 is 0. The highest BCUT2D eigenvalue weighted by molar-refractivity contribution is 6.01. The zero-order chi connectivity index (χ0) is 15.4. The largest absolute Gasteiger partial charge is 0.573 e. The highest BCUT2D eigenvalue weighted by atomic mass is 19.4. The number of carbonyl (C=O) groups excluding carboxylic acids is 1. The van der Waals surface area contributed by atoms with Gasteiger partial charge < -0.3 is 10.5 Å². The van der Waals surface area contributed by atoms with E-state index < -0.39 is 17.5 Å². The number of nitrogens with two attached hydrogens (primary N) is 1. The predicted molar refractivity (Wildman–Crippen MR) is 69.5 cm³/mol. The molecule has 0 aliphatic rings. The molecule has 0 bridgehead atoms. The van der Waals surface area contributed by atoms with E-state index in [0.29, 0.717) is 12.8 Å². The summed E-state index contributed by atoms with van der Waals surface area (Å²) in [6.45, 7) is 3.83. The van der Waals surface area contributed by atoms with Gasteiger partial charge >= 0.3 is 6.36 Å². The van der Waals surface area contributed by atoms with Crippen molar-refractivity contribution in [2.75, 3.05) is 6.54 Å². The molecule has 0 saturated carbocycles. The number of hydrogen-bond acceptors (Lipinski definition) is 3. The Hall–Kier alpha value is -1.56. The molecule has 0 amide bonds. The number of halogens is 3. The molecule has 0 fully saturated rings. The van der Waals surface area contributed by atoms with Gasteiger partial charge in [-0.05, 0) is 25.0 Å². The third-order valence-electron chi connectivity index (χ3n) is 3.56. The van der Waals surface area contributed by atoms with Crippen LogP contribution >= 0.6 is 0 Å². The summed E-state index contributed by atoms with van der Waals surface area (Å²) in [7, 11) is 0. The highest BCUT2D eigenvalue weighted by Gasteiger charge is 2.35. The summed E-state index contributed by atoms with van der Waals surface area (Å²) in [4.78, 5) is 12.5. The Kier molecular flexibility index (Phi) is 5.16. The van der Waals surface area contributed by atoms with Crippen molar-refractivity contribution < 1.29 is 22.7 Å². The van der Waals surface area contributed by atoms with Crippen molar-refractivity contribution in [3.05, 3.63) is 29.8 Å². The van der Waals surface area contributed by atoms with Crippen LogP contribution in [0.4, 0.5) is 13.2 Å². The van der Waals surface area contributed by atoms with E-state index in [9.17, 15) is 18.0 Å². The van der Waals surface area contributed by atoms with Crippen LogP contribution in [0.5, 0.6) is 5.75 Å². The van der Waals surface area contributed by atoms with E-state index in [1.54, 1.807) is 0 Å². The summed E-state index contributed by atoms with van der Waals surface area (Å²) in [6, 6.07) is 5.10. The Morgan fingerprint density at radius 2 is 1.85 bits per heavy atom. The van der Waals surface area contributed by atoms with Gasteiger partial charge in [-0.3, -0.25) is 4.79 Å². The molecule has 6 heteroatoms. The molecule has 20 heavy (non-hydrogen) atoms. The lowest BCUT2D eigenvalue weighted by atomic mass is 9.76. The van der Waals surface area contributed by atoms with E-state index in [2.05, 4.69) is 4.74 Å². The molecule has 3 nitrogen and oxygen atoms in total. The number of ketones is 1. The number of hydrogen-bond donors (Lipinski definition) is 1. The first kappa shape index (κ1) is 16.5. The Morgan fingerprint density at radius 3 is 2.30 bits per heavy atom. The minimum Gasteiger partial charge on any atom is -0.406 e. The topological polar surface area (TPSA) is 52.3 Å². The fourth-order valence-electron chi connectivity index (χ4n) is 2.09. The molecule has 1 aromatic carbocycles. The highest BCUT2D eigenvalue weighted by Crippen LogP contribution is 2.31. The van der Waals surface area contributed by atoms with Gasteiger partial charge in [0, 0.05) is 17.5 Å². The molecular weight excluding hydrogens is 271 g/mol. The van der Waals surface area contributed by atoms with Gasteiger partial charge in [0.25, 0.3) is 0 Å². The molecule has 0 aliphatic carbocycles. The molecule has 0 unspecified atom stereocenters. The summed E-state index contributed by atoms with van der Waals surface area (Å²) in [5.74, 6) is -0.654. The third kappa shape index (κ3) is 3.72. The molecule has 0 aliphatic heterocycles. The lowest BCUT2D eigenvalue weighted by Gasteiger charge is -2.28. The van der Waals surface area contributed by atoms with Crippen molar-refractivity contribution in [3.8, 4) is 5.75 Å². The van der Waals surface area contributed by atoms with Crippen LogP contribution in [0.2, 0.25) is 0 Å². The number of alkyl halides is 3. The number of benzene rings is 1. The van der Waals surface area contributed by atoms with Crippen molar-refractivity contribution in [2.24, 2.45) is 11.1 Å². The van der Waals surface area contributed by atoms with Crippen molar-refractivity contribution in [2.45, 2.75) is 33.1 Å². The Balaban J connectivity index is 3.08. The first-order chi connectivity index (χ1) is 9.28. The van der Waals surface area contributed by atoms with Crippen LogP contribution in [0.1, 0.15) is 37.0 Å². The summed E-state index contributed by atoms with van der Waals surface area (Å²) in [6.07, 6.45) is -3.71. The number of ether oxygens (including phenoxy) is 1. The maximum absolute atomic E-state index is 12.5. The smallest absolute Gasteiger partial charge is 0.406 e. The van der Waals surface area contributed by atoms with Gasteiger partial charge in [0.05, 0.1) is 0 Å². The normalized spacial score (nSPS) is 12.3. The van der Waals surface area contributed by atoms with Crippen molar-refractivity contribution >= 4 is 5.78 Å². The average Bonchev–Trinajstić information content (AvgIpc) is 2.39. The first-order valence-electron chi connectivity index (χ1n) is 6.38. The van der Waals surface area contributed by atoms with Crippen molar-refractivity contribution in [3.63, 3.8) is 0 Å². The summed E-state index contributed by atoms with van der Waals surface area (Å²) < 4.78 is 40.4. The van der Waals surface area contributed by atoms with Crippen LogP contribution in [0.15, 0.2) is 24.3 Å². The van der Waals surface area contributed by atoms with Crippen molar-refractivity contribution in [1.29, 1.82) is 0 Å². The quantitative estimate of drug-likeness (QED) is 0.815. The second kappa shape index (κ2) is 6.26. The van der Waals surface area contributed by atoms with Gasteiger partial charge in [0.15, 0.2) is 5.78 Å². The van der Waals surface area contributed by atoms with Crippen LogP contribution in [0.25, 0.3) is 0 Å². The lowest BCUT2D eigenvalue weighted by molar-refractivity contribution is -0.274. The van der Waals surface area contributed by atoms with Gasteiger partial charge in [-0.25, -0.2) is 0 Å². The summed E-state index contributed by atoms with van der Waals surface area (Å²) in [5, 5.41) is 0. The van der Waals surface area contributed by atoms with Gasteiger partial charge in [-0.15, -0.1) is 13.2 Å². The third-order valence-corrected chi connectivity index (χ3v) is 3.56.